The molecule has 3 aromatic rings. The van der Waals surface area contributed by atoms with Gasteiger partial charge in [-0.2, -0.15) is 0 Å². The highest BCUT2D eigenvalue weighted by Crippen LogP contribution is 2.35. The molecule has 4 rings (SSSR count). The number of hydrogen-bond donors (Lipinski definition) is 3. The van der Waals surface area contributed by atoms with Gasteiger partial charge in [-0.3, -0.25) is 9.78 Å². The van der Waals surface area contributed by atoms with E-state index < -0.39 is 18.2 Å². The Morgan fingerprint density at radius 3 is 2.81 bits per heavy atom. The first-order valence-corrected chi connectivity index (χ1v) is 10.1. The predicted octanol–water partition coefficient (Wildman–Crippen LogP) is 3.73. The van der Waals surface area contributed by atoms with E-state index in [-0.39, 0.29) is 12.3 Å². The molecule has 3 aromatic heterocycles. The molecular formula is C22H23FN6O2. The van der Waals surface area contributed by atoms with Gasteiger partial charge in [-0.15, -0.1) is 0 Å². The number of halogens is 1. The van der Waals surface area contributed by atoms with Gasteiger partial charge in [-0.25, -0.2) is 19.3 Å². The van der Waals surface area contributed by atoms with Gasteiger partial charge in [0.25, 0.3) is 0 Å². The van der Waals surface area contributed by atoms with Crippen molar-refractivity contribution < 1.29 is 14.3 Å². The van der Waals surface area contributed by atoms with Crippen molar-refractivity contribution in [3.8, 4) is 11.3 Å². The van der Waals surface area contributed by atoms with E-state index in [1.807, 2.05) is 26.0 Å². The summed E-state index contributed by atoms with van der Waals surface area (Å²) in [6, 6.07) is 7.10. The smallest absolute Gasteiger partial charge is 0.231 e. The van der Waals surface area contributed by atoms with Crippen molar-refractivity contribution in [2.75, 3.05) is 10.6 Å². The van der Waals surface area contributed by atoms with Crippen LogP contribution < -0.4 is 10.6 Å². The molecule has 0 saturated heterocycles. The van der Waals surface area contributed by atoms with E-state index in [9.17, 15) is 14.3 Å². The van der Waals surface area contributed by atoms with Crippen molar-refractivity contribution in [3.63, 3.8) is 0 Å². The van der Waals surface area contributed by atoms with E-state index in [1.54, 1.807) is 24.5 Å². The van der Waals surface area contributed by atoms with Crippen LogP contribution in [0.25, 0.3) is 11.3 Å². The van der Waals surface area contributed by atoms with Gasteiger partial charge < -0.3 is 15.7 Å². The Morgan fingerprint density at radius 1 is 1.29 bits per heavy atom. The van der Waals surface area contributed by atoms with E-state index in [1.165, 1.54) is 6.33 Å². The van der Waals surface area contributed by atoms with Crippen molar-refractivity contribution in [1.82, 2.24) is 19.9 Å². The molecule has 9 heteroatoms. The molecule has 160 valence electrons. The van der Waals surface area contributed by atoms with Gasteiger partial charge in [0.05, 0.1) is 35.3 Å². The van der Waals surface area contributed by atoms with E-state index in [2.05, 4.69) is 30.6 Å². The first kappa shape index (κ1) is 20.8. The average Bonchev–Trinajstić information content (AvgIpc) is 3.52. The summed E-state index contributed by atoms with van der Waals surface area (Å²) >= 11 is 0. The molecule has 0 aliphatic heterocycles. The SMILES string of the molecule is CC[C@@H](O)c1cc(C)c(Nc2ncccc2-c2cc(NC(=O)[C@H]3C[C@H]3F)ncn2)cn1. The van der Waals surface area contributed by atoms with Crippen molar-refractivity contribution in [3.05, 3.63) is 54.2 Å². The van der Waals surface area contributed by atoms with Crippen LogP contribution in [0.5, 0.6) is 0 Å². The first-order chi connectivity index (χ1) is 15.0. The van der Waals surface area contributed by atoms with Crippen molar-refractivity contribution in [2.24, 2.45) is 5.92 Å². The number of rotatable bonds is 7. The van der Waals surface area contributed by atoms with Crippen molar-refractivity contribution in [2.45, 2.75) is 39.0 Å². The lowest BCUT2D eigenvalue weighted by Gasteiger charge is -2.14. The quantitative estimate of drug-likeness (QED) is 0.532. The Labute approximate surface area is 179 Å². The molecule has 1 fully saturated rings. The third-order valence-corrected chi connectivity index (χ3v) is 5.16. The monoisotopic (exact) mass is 422 g/mol. The number of aliphatic hydroxyl groups excluding tert-OH is 1. The summed E-state index contributed by atoms with van der Waals surface area (Å²) in [5.74, 6) is -0.116. The number of anilines is 3. The van der Waals surface area contributed by atoms with E-state index in [0.29, 0.717) is 35.0 Å². The second-order valence-electron chi connectivity index (χ2n) is 7.51. The fourth-order valence-corrected chi connectivity index (χ4v) is 3.17. The molecule has 3 heterocycles. The summed E-state index contributed by atoms with van der Waals surface area (Å²) in [6.45, 7) is 3.82. The first-order valence-electron chi connectivity index (χ1n) is 10.1. The predicted molar refractivity (Wildman–Crippen MR) is 114 cm³/mol. The topological polar surface area (TPSA) is 113 Å². The molecule has 1 saturated carbocycles. The Hall–Kier alpha value is -3.46. The van der Waals surface area contributed by atoms with Crippen LogP contribution in [0.3, 0.4) is 0 Å². The number of carbonyl (C=O) groups is 1. The zero-order chi connectivity index (χ0) is 22.0. The van der Waals surface area contributed by atoms with Crippen molar-refractivity contribution >= 4 is 23.2 Å². The van der Waals surface area contributed by atoms with Gasteiger partial charge in [-0.1, -0.05) is 6.92 Å². The van der Waals surface area contributed by atoms with Crippen LogP contribution in [0.2, 0.25) is 0 Å². The van der Waals surface area contributed by atoms with Gasteiger partial charge in [-0.05, 0) is 43.5 Å². The Bertz CT molecular complexity index is 1110. The second-order valence-corrected chi connectivity index (χ2v) is 7.51. The minimum Gasteiger partial charge on any atom is -0.387 e. The number of hydrogen-bond acceptors (Lipinski definition) is 7. The second kappa shape index (κ2) is 8.73. The van der Waals surface area contributed by atoms with E-state index in [4.69, 9.17) is 0 Å². The number of nitrogens with one attached hydrogen (secondary N) is 2. The molecule has 1 aliphatic carbocycles. The molecule has 0 radical (unpaired) electrons. The number of amides is 1. The average molecular weight is 422 g/mol. The Balaban J connectivity index is 1.58. The lowest BCUT2D eigenvalue weighted by molar-refractivity contribution is -0.117. The van der Waals surface area contributed by atoms with Crippen LogP contribution in [0, 0.1) is 12.8 Å². The van der Waals surface area contributed by atoms with Crippen molar-refractivity contribution in [1.29, 1.82) is 0 Å². The minimum absolute atomic E-state index is 0.252. The third kappa shape index (κ3) is 4.66. The molecular weight excluding hydrogens is 399 g/mol. The number of aliphatic hydroxyl groups is 1. The van der Waals surface area contributed by atoms with Crippen LogP contribution in [-0.2, 0) is 4.79 Å². The number of aryl methyl sites for hydroxylation is 1. The van der Waals surface area contributed by atoms with Crippen LogP contribution in [0.15, 0.2) is 43.0 Å². The lowest BCUT2D eigenvalue weighted by Crippen LogP contribution is -2.16. The van der Waals surface area contributed by atoms with Crippen LogP contribution in [0.4, 0.5) is 21.7 Å². The van der Waals surface area contributed by atoms with Gasteiger partial charge in [0.2, 0.25) is 5.91 Å². The number of carbonyl (C=O) groups excluding carboxylic acids is 1. The number of alkyl halides is 1. The highest BCUT2D eigenvalue weighted by Gasteiger charge is 2.43. The Kier molecular flexibility index (Phi) is 5.85. The zero-order valence-electron chi connectivity index (χ0n) is 17.2. The van der Waals surface area contributed by atoms with Gasteiger partial charge in [0.15, 0.2) is 0 Å². The number of pyridine rings is 2. The number of aromatic nitrogens is 4. The van der Waals surface area contributed by atoms with Gasteiger partial charge >= 0.3 is 0 Å². The van der Waals surface area contributed by atoms with E-state index >= 15 is 0 Å². The summed E-state index contributed by atoms with van der Waals surface area (Å²) < 4.78 is 13.1. The normalized spacial score (nSPS) is 18.3. The third-order valence-electron chi connectivity index (χ3n) is 5.16. The summed E-state index contributed by atoms with van der Waals surface area (Å²) in [5.41, 5.74) is 3.53. The zero-order valence-corrected chi connectivity index (χ0v) is 17.2. The van der Waals surface area contributed by atoms with Gasteiger partial charge in [0, 0.05) is 17.8 Å². The van der Waals surface area contributed by atoms with Gasteiger partial charge in [0.1, 0.15) is 24.1 Å². The maximum atomic E-state index is 13.1. The molecule has 1 amide bonds. The highest BCUT2D eigenvalue weighted by molar-refractivity contribution is 5.94. The molecule has 0 unspecified atom stereocenters. The molecule has 0 spiro atoms. The Morgan fingerprint density at radius 2 is 2.10 bits per heavy atom. The largest absolute Gasteiger partial charge is 0.387 e. The standard InChI is InChI=1S/C22H23FN6O2/c1-3-19(30)17-7-12(2)18(10-25-17)28-21-13(5-4-6-24-21)16-9-20(27-11-26-16)29-22(31)14-8-15(14)23/h4-7,9-11,14-15,19,30H,3,8H2,1-2H3,(H,24,28)(H,26,27,29,31)/t14-,15+,19+/m0/s1. The maximum Gasteiger partial charge on any atom is 0.231 e. The summed E-state index contributed by atoms with van der Waals surface area (Å²) in [6.07, 6.45) is 3.83. The fraction of sp³-hybridized carbons (Fsp3) is 0.318. The molecule has 31 heavy (non-hydrogen) atoms. The highest BCUT2D eigenvalue weighted by atomic mass is 19.1. The van der Waals surface area contributed by atoms with Crippen LogP contribution >= 0.6 is 0 Å². The molecule has 0 bridgehead atoms. The summed E-state index contributed by atoms with van der Waals surface area (Å²) in [5, 5.41) is 15.9. The summed E-state index contributed by atoms with van der Waals surface area (Å²) in [4.78, 5) is 29.1. The minimum atomic E-state index is -1.07. The molecule has 3 N–H and O–H groups in total. The van der Waals surface area contributed by atoms with E-state index in [0.717, 1.165) is 11.3 Å². The molecule has 1 aliphatic rings. The molecule has 0 aromatic carbocycles. The van der Waals surface area contributed by atoms with Crippen LogP contribution in [0.1, 0.15) is 37.1 Å². The van der Waals surface area contributed by atoms with Crippen LogP contribution in [-0.4, -0.2) is 37.1 Å². The molecule has 3 atom stereocenters. The lowest BCUT2D eigenvalue weighted by atomic mass is 10.1. The maximum absolute atomic E-state index is 13.1. The number of nitrogens with zero attached hydrogens (tertiary/aromatic N) is 4. The molecule has 8 nitrogen and oxygen atoms in total. The fourth-order valence-electron chi connectivity index (χ4n) is 3.17. The summed E-state index contributed by atoms with van der Waals surface area (Å²) in [7, 11) is 0.